The normalized spacial score (nSPS) is 10.4. The van der Waals surface area contributed by atoms with Crippen molar-refractivity contribution in [2.45, 2.75) is 20.4 Å². The van der Waals surface area contributed by atoms with E-state index < -0.39 is 4.92 Å². The van der Waals surface area contributed by atoms with Crippen molar-refractivity contribution >= 4 is 17.5 Å². The number of rotatable bonds is 4. The van der Waals surface area contributed by atoms with Crippen molar-refractivity contribution in [2.75, 3.05) is 11.1 Å². The standard InChI is InChI=1S/C10H13N7O2/c1-5-7(6(2)16-15-5)3-12-10-13-4-8(17(18)19)9(11)14-10/h4H,3H2,1-2H3,(H,15,16)(H3,11,12,13,14). The summed E-state index contributed by atoms with van der Waals surface area (Å²) in [6, 6.07) is 0. The van der Waals surface area contributed by atoms with Gasteiger partial charge in [-0.2, -0.15) is 10.1 Å². The second-order valence-corrected chi connectivity index (χ2v) is 3.99. The Kier molecular flexibility index (Phi) is 3.27. The quantitative estimate of drug-likeness (QED) is 0.551. The summed E-state index contributed by atoms with van der Waals surface area (Å²) in [5.74, 6) is 0.0752. The maximum absolute atomic E-state index is 10.6. The SMILES string of the molecule is Cc1n[nH]c(C)c1CNc1ncc([N+](=O)[O-])c(N)n1. The van der Waals surface area contributed by atoms with Gasteiger partial charge in [-0.05, 0) is 13.8 Å². The molecule has 0 aliphatic heterocycles. The summed E-state index contributed by atoms with van der Waals surface area (Å²) in [5.41, 5.74) is 8.00. The Morgan fingerprint density at radius 1 is 1.53 bits per heavy atom. The summed E-state index contributed by atoms with van der Waals surface area (Å²) in [5, 5.41) is 20.5. The fourth-order valence-corrected chi connectivity index (χ4v) is 1.62. The molecule has 2 aromatic heterocycles. The minimum absolute atomic E-state index is 0.164. The highest BCUT2D eigenvalue weighted by atomic mass is 16.6. The topological polar surface area (TPSA) is 136 Å². The predicted molar refractivity (Wildman–Crippen MR) is 68.5 cm³/mol. The van der Waals surface area contributed by atoms with Gasteiger partial charge < -0.3 is 11.1 Å². The third-order valence-electron chi connectivity index (χ3n) is 2.70. The Balaban J connectivity index is 2.13. The third-order valence-corrected chi connectivity index (χ3v) is 2.70. The van der Waals surface area contributed by atoms with Gasteiger partial charge >= 0.3 is 5.69 Å². The summed E-state index contributed by atoms with van der Waals surface area (Å²) >= 11 is 0. The minimum Gasteiger partial charge on any atom is -0.378 e. The molecule has 19 heavy (non-hydrogen) atoms. The van der Waals surface area contributed by atoms with Crippen molar-refractivity contribution in [1.29, 1.82) is 0 Å². The maximum atomic E-state index is 10.6. The molecule has 0 bridgehead atoms. The molecule has 0 radical (unpaired) electrons. The first-order chi connectivity index (χ1) is 8.99. The smallest absolute Gasteiger partial charge is 0.329 e. The molecule has 2 aromatic rings. The van der Waals surface area contributed by atoms with Crippen LogP contribution in [0.3, 0.4) is 0 Å². The van der Waals surface area contributed by atoms with Gasteiger partial charge in [0.05, 0.1) is 10.6 Å². The highest BCUT2D eigenvalue weighted by Gasteiger charge is 2.14. The number of anilines is 2. The average molecular weight is 263 g/mol. The number of nitrogens with one attached hydrogen (secondary N) is 2. The molecule has 0 fully saturated rings. The minimum atomic E-state index is -0.622. The van der Waals surface area contributed by atoms with Crippen LogP contribution in [0, 0.1) is 24.0 Å². The zero-order chi connectivity index (χ0) is 14.0. The Bertz CT molecular complexity index is 603. The molecule has 0 saturated carbocycles. The number of aryl methyl sites for hydroxylation is 2. The molecule has 0 saturated heterocycles. The van der Waals surface area contributed by atoms with Gasteiger partial charge in [0.25, 0.3) is 0 Å². The van der Waals surface area contributed by atoms with Gasteiger partial charge in [0.2, 0.25) is 11.8 Å². The summed E-state index contributed by atoms with van der Waals surface area (Å²) in [6.45, 7) is 4.25. The number of nitro groups is 1. The molecule has 0 unspecified atom stereocenters. The highest BCUT2D eigenvalue weighted by molar-refractivity contribution is 5.53. The number of hydrogen-bond donors (Lipinski definition) is 3. The number of nitrogen functional groups attached to an aromatic ring is 1. The van der Waals surface area contributed by atoms with Gasteiger partial charge in [0.1, 0.15) is 6.20 Å². The van der Waals surface area contributed by atoms with Crippen LogP contribution in [0.25, 0.3) is 0 Å². The van der Waals surface area contributed by atoms with Gasteiger partial charge in [-0.15, -0.1) is 0 Å². The molecule has 0 atom stereocenters. The fraction of sp³-hybridized carbons (Fsp3) is 0.300. The first-order valence-electron chi connectivity index (χ1n) is 5.50. The van der Waals surface area contributed by atoms with Crippen LogP contribution in [0.2, 0.25) is 0 Å². The van der Waals surface area contributed by atoms with E-state index in [2.05, 4.69) is 25.5 Å². The molecule has 4 N–H and O–H groups in total. The van der Waals surface area contributed by atoms with Crippen LogP contribution in [0.1, 0.15) is 17.0 Å². The van der Waals surface area contributed by atoms with E-state index in [0.29, 0.717) is 6.54 Å². The number of nitrogens with two attached hydrogens (primary N) is 1. The monoisotopic (exact) mass is 263 g/mol. The van der Waals surface area contributed by atoms with E-state index >= 15 is 0 Å². The molecule has 0 amide bonds. The average Bonchev–Trinajstić information content (AvgIpc) is 2.66. The van der Waals surface area contributed by atoms with E-state index in [9.17, 15) is 10.1 Å². The van der Waals surface area contributed by atoms with E-state index in [1.54, 1.807) is 0 Å². The van der Waals surface area contributed by atoms with E-state index in [1.807, 2.05) is 13.8 Å². The maximum Gasteiger partial charge on any atom is 0.329 e. The van der Waals surface area contributed by atoms with Crippen molar-refractivity contribution in [2.24, 2.45) is 0 Å². The van der Waals surface area contributed by atoms with Crippen molar-refractivity contribution in [3.63, 3.8) is 0 Å². The Morgan fingerprint density at radius 3 is 2.79 bits per heavy atom. The van der Waals surface area contributed by atoms with Crippen LogP contribution in [-0.4, -0.2) is 25.1 Å². The molecule has 9 heteroatoms. The predicted octanol–water partition coefficient (Wildman–Crippen LogP) is 0.919. The second kappa shape index (κ2) is 4.88. The number of H-pyrrole nitrogens is 1. The first-order valence-corrected chi connectivity index (χ1v) is 5.50. The lowest BCUT2D eigenvalue weighted by atomic mass is 10.2. The van der Waals surface area contributed by atoms with Crippen LogP contribution in [-0.2, 0) is 6.54 Å². The van der Waals surface area contributed by atoms with Crippen molar-refractivity contribution in [1.82, 2.24) is 20.2 Å². The molecular formula is C10H13N7O2. The van der Waals surface area contributed by atoms with Crippen LogP contribution in [0.4, 0.5) is 17.5 Å². The molecule has 0 aromatic carbocycles. The summed E-state index contributed by atoms with van der Waals surface area (Å²) < 4.78 is 0. The van der Waals surface area contributed by atoms with Gasteiger partial charge in [-0.1, -0.05) is 0 Å². The van der Waals surface area contributed by atoms with Gasteiger partial charge in [-0.25, -0.2) is 4.98 Å². The van der Waals surface area contributed by atoms with Crippen LogP contribution < -0.4 is 11.1 Å². The van der Waals surface area contributed by atoms with Crippen molar-refractivity contribution < 1.29 is 4.92 Å². The van der Waals surface area contributed by atoms with Crippen LogP contribution >= 0.6 is 0 Å². The molecule has 2 heterocycles. The van der Waals surface area contributed by atoms with Crippen molar-refractivity contribution in [3.8, 4) is 0 Å². The van der Waals surface area contributed by atoms with Crippen LogP contribution in [0.15, 0.2) is 6.20 Å². The molecule has 0 spiro atoms. The molecule has 100 valence electrons. The number of hydrogen-bond acceptors (Lipinski definition) is 7. The summed E-state index contributed by atoms with van der Waals surface area (Å²) in [7, 11) is 0. The van der Waals surface area contributed by atoms with E-state index in [-0.39, 0.29) is 17.5 Å². The summed E-state index contributed by atoms with van der Waals surface area (Å²) in [4.78, 5) is 17.6. The van der Waals surface area contributed by atoms with E-state index in [1.165, 1.54) is 0 Å². The van der Waals surface area contributed by atoms with Crippen molar-refractivity contribution in [3.05, 3.63) is 33.3 Å². The summed E-state index contributed by atoms with van der Waals surface area (Å²) in [6.07, 6.45) is 1.08. The molecule has 0 aliphatic carbocycles. The van der Waals surface area contributed by atoms with E-state index in [4.69, 9.17) is 5.73 Å². The van der Waals surface area contributed by atoms with Crippen LogP contribution in [0.5, 0.6) is 0 Å². The molecule has 0 aliphatic rings. The van der Waals surface area contributed by atoms with Gasteiger partial charge in [0.15, 0.2) is 0 Å². The third kappa shape index (κ3) is 2.59. The molecule has 2 rings (SSSR count). The lowest BCUT2D eigenvalue weighted by Crippen LogP contribution is -2.08. The lowest BCUT2D eigenvalue weighted by molar-refractivity contribution is -0.384. The van der Waals surface area contributed by atoms with Gasteiger partial charge in [-0.3, -0.25) is 15.2 Å². The Morgan fingerprint density at radius 2 is 2.26 bits per heavy atom. The first kappa shape index (κ1) is 12.7. The fourth-order valence-electron chi connectivity index (χ4n) is 1.62. The highest BCUT2D eigenvalue weighted by Crippen LogP contribution is 2.19. The Labute approximate surface area is 108 Å². The zero-order valence-corrected chi connectivity index (χ0v) is 10.5. The number of aromatic nitrogens is 4. The molecular weight excluding hydrogens is 250 g/mol. The Hall–Kier alpha value is -2.71. The number of nitrogens with zero attached hydrogens (tertiary/aromatic N) is 4. The van der Waals surface area contributed by atoms with E-state index in [0.717, 1.165) is 23.1 Å². The van der Waals surface area contributed by atoms with Gasteiger partial charge in [0, 0.05) is 17.8 Å². The largest absolute Gasteiger partial charge is 0.378 e. The number of aromatic amines is 1. The zero-order valence-electron chi connectivity index (χ0n) is 10.5. The second-order valence-electron chi connectivity index (χ2n) is 3.99. The lowest BCUT2D eigenvalue weighted by Gasteiger charge is -2.05. The molecule has 9 nitrogen and oxygen atoms in total.